The van der Waals surface area contributed by atoms with E-state index in [1.165, 1.54) is 29.7 Å². The Bertz CT molecular complexity index is 1200. The molecule has 2 heterocycles. The molecular weight excluding hydrogens is 515 g/mol. The summed E-state index contributed by atoms with van der Waals surface area (Å²) in [6.45, 7) is 0.472. The minimum Gasteiger partial charge on any atom is -0.374 e. The van der Waals surface area contributed by atoms with Crippen LogP contribution in [0.3, 0.4) is 0 Å². The standard InChI is InChI=1S/C26H29FN4O4S2/c1-36-24(31-25(28)37-2)23-29-13-20(30-23)26(32)22(27)21(34-15-18-11-7-4-8-12-18)19(35-26)16-33-14-17-9-5-3-6-10-17/h3-13,19,21-22,28,32H,14-16H2,1-2H3,(H,29,30)/t19-,21-,22-,26+/m1/s1. The van der Waals surface area contributed by atoms with Crippen molar-refractivity contribution < 1.29 is 23.7 Å². The molecule has 1 saturated heterocycles. The number of aliphatic hydroxyl groups is 1. The van der Waals surface area contributed by atoms with Crippen LogP contribution in [-0.4, -0.2) is 62.8 Å². The number of imidazole rings is 1. The minimum atomic E-state index is -2.33. The summed E-state index contributed by atoms with van der Waals surface area (Å²) in [5.74, 6) is -2.03. The molecule has 1 aromatic heterocycles. The number of amidine groups is 1. The highest BCUT2D eigenvalue weighted by molar-refractivity contribution is 8.15. The van der Waals surface area contributed by atoms with Gasteiger partial charge in [-0.1, -0.05) is 72.4 Å². The summed E-state index contributed by atoms with van der Waals surface area (Å²) >= 11 is 2.46. The van der Waals surface area contributed by atoms with Gasteiger partial charge in [0, 0.05) is 0 Å². The largest absolute Gasteiger partial charge is 0.374 e. The van der Waals surface area contributed by atoms with Crippen LogP contribution in [0, 0.1) is 5.41 Å². The van der Waals surface area contributed by atoms with Crippen molar-refractivity contribution in [3.63, 3.8) is 0 Å². The van der Waals surface area contributed by atoms with Crippen molar-refractivity contribution in [1.82, 2.24) is 9.97 Å². The lowest BCUT2D eigenvalue weighted by molar-refractivity contribution is -0.231. The summed E-state index contributed by atoms with van der Waals surface area (Å²) in [5.41, 5.74) is 1.87. The van der Waals surface area contributed by atoms with Gasteiger partial charge in [0.2, 0.25) is 5.79 Å². The van der Waals surface area contributed by atoms with Crippen LogP contribution in [0.15, 0.2) is 71.9 Å². The zero-order valence-electron chi connectivity index (χ0n) is 20.5. The fourth-order valence-electron chi connectivity index (χ4n) is 3.89. The molecular formula is C26H29FN4O4S2. The Kier molecular flexibility index (Phi) is 9.52. The predicted octanol–water partition coefficient (Wildman–Crippen LogP) is 4.50. The average Bonchev–Trinajstić information content (AvgIpc) is 3.51. The maximum absolute atomic E-state index is 15.9. The Morgan fingerprint density at radius 2 is 1.76 bits per heavy atom. The van der Waals surface area contributed by atoms with Gasteiger partial charge in [-0.3, -0.25) is 5.41 Å². The maximum atomic E-state index is 15.9. The number of H-pyrrole nitrogens is 1. The molecule has 0 aliphatic carbocycles. The topological polar surface area (TPSA) is 113 Å². The second-order valence-corrected chi connectivity index (χ2v) is 9.88. The molecule has 2 aromatic carbocycles. The molecule has 0 spiro atoms. The lowest BCUT2D eigenvalue weighted by atomic mass is 10.0. The van der Waals surface area contributed by atoms with Crippen molar-refractivity contribution in [1.29, 1.82) is 5.41 Å². The number of alkyl halides is 1. The zero-order chi connectivity index (χ0) is 26.3. The first kappa shape index (κ1) is 27.5. The third-order valence-electron chi connectivity index (χ3n) is 5.79. The van der Waals surface area contributed by atoms with Gasteiger partial charge in [-0.2, -0.15) is 0 Å². The molecule has 1 fully saturated rings. The number of aromatic nitrogens is 2. The fourth-order valence-corrected chi connectivity index (χ4v) is 4.61. The molecule has 8 nitrogen and oxygen atoms in total. The average molecular weight is 545 g/mol. The summed E-state index contributed by atoms with van der Waals surface area (Å²) in [4.78, 5) is 11.4. The van der Waals surface area contributed by atoms with Crippen molar-refractivity contribution in [2.24, 2.45) is 4.99 Å². The van der Waals surface area contributed by atoms with Crippen LogP contribution in [0.2, 0.25) is 0 Å². The summed E-state index contributed by atoms with van der Waals surface area (Å²) < 4.78 is 33.6. The number of hydrogen-bond donors (Lipinski definition) is 3. The number of thioether (sulfide) groups is 2. The third-order valence-corrected chi connectivity index (χ3v) is 6.94. The second-order valence-electron chi connectivity index (χ2n) is 8.29. The molecule has 0 bridgehead atoms. The molecule has 3 N–H and O–H groups in total. The Morgan fingerprint density at radius 3 is 2.38 bits per heavy atom. The van der Waals surface area contributed by atoms with E-state index >= 15 is 4.39 Å². The number of aromatic amines is 1. The molecule has 1 aliphatic heterocycles. The van der Waals surface area contributed by atoms with Gasteiger partial charge < -0.3 is 24.3 Å². The number of rotatable bonds is 9. The Labute approximate surface area is 223 Å². The predicted molar refractivity (Wildman–Crippen MR) is 145 cm³/mol. The first-order valence-corrected chi connectivity index (χ1v) is 14.0. The van der Waals surface area contributed by atoms with Gasteiger partial charge in [0.1, 0.15) is 17.3 Å². The maximum Gasteiger partial charge on any atom is 0.244 e. The van der Waals surface area contributed by atoms with Gasteiger partial charge in [0.05, 0.1) is 31.7 Å². The zero-order valence-corrected chi connectivity index (χ0v) is 22.1. The van der Waals surface area contributed by atoms with E-state index in [1.54, 1.807) is 12.5 Å². The molecule has 0 radical (unpaired) electrons. The van der Waals surface area contributed by atoms with Crippen LogP contribution in [0.25, 0.3) is 0 Å². The Morgan fingerprint density at radius 1 is 1.11 bits per heavy atom. The van der Waals surface area contributed by atoms with E-state index in [2.05, 4.69) is 15.0 Å². The van der Waals surface area contributed by atoms with Crippen molar-refractivity contribution in [2.75, 3.05) is 19.1 Å². The van der Waals surface area contributed by atoms with Crippen molar-refractivity contribution in [2.45, 2.75) is 37.4 Å². The van der Waals surface area contributed by atoms with Gasteiger partial charge in [-0.15, -0.1) is 11.8 Å². The SMILES string of the molecule is CSC(=N)N=C(SC)c1ncc([C@]2(O)O[C@H](COCc3ccccc3)[C@@H](OCc3ccccc3)[C@H]2F)[nH]1. The molecule has 196 valence electrons. The highest BCUT2D eigenvalue weighted by Crippen LogP contribution is 2.41. The Balaban J connectivity index is 1.54. The number of halogens is 1. The highest BCUT2D eigenvalue weighted by atomic mass is 32.2. The lowest BCUT2D eigenvalue weighted by Gasteiger charge is -2.23. The third kappa shape index (κ3) is 6.67. The molecule has 0 unspecified atom stereocenters. The molecule has 11 heteroatoms. The smallest absolute Gasteiger partial charge is 0.244 e. The summed E-state index contributed by atoms with van der Waals surface area (Å²) in [6.07, 6.45) is 0.965. The minimum absolute atomic E-state index is 0.0144. The van der Waals surface area contributed by atoms with Crippen molar-refractivity contribution in [3.8, 4) is 0 Å². The molecule has 0 saturated carbocycles. The fraction of sp³-hybridized carbons (Fsp3) is 0.346. The van der Waals surface area contributed by atoms with Crippen LogP contribution in [0.4, 0.5) is 4.39 Å². The van der Waals surface area contributed by atoms with Gasteiger partial charge in [-0.25, -0.2) is 14.4 Å². The summed E-state index contributed by atoms with van der Waals surface area (Å²) in [5, 5.41) is 19.7. The summed E-state index contributed by atoms with van der Waals surface area (Å²) in [7, 11) is 0. The van der Waals surface area contributed by atoms with Gasteiger partial charge in [0.15, 0.2) is 17.2 Å². The van der Waals surface area contributed by atoms with Crippen LogP contribution in [0.5, 0.6) is 0 Å². The number of ether oxygens (including phenoxy) is 3. The van der Waals surface area contributed by atoms with Crippen LogP contribution >= 0.6 is 23.5 Å². The van der Waals surface area contributed by atoms with E-state index in [0.29, 0.717) is 17.5 Å². The monoisotopic (exact) mass is 544 g/mol. The van der Waals surface area contributed by atoms with Crippen LogP contribution in [0.1, 0.15) is 22.6 Å². The second kappa shape index (κ2) is 12.8. The quantitative estimate of drug-likeness (QED) is 0.269. The molecule has 4 atom stereocenters. The number of nitrogens with zero attached hydrogens (tertiary/aromatic N) is 2. The first-order valence-electron chi connectivity index (χ1n) is 11.6. The van der Waals surface area contributed by atoms with E-state index in [9.17, 15) is 5.11 Å². The van der Waals surface area contributed by atoms with E-state index in [4.69, 9.17) is 19.6 Å². The molecule has 3 aromatic rings. The number of nitrogens with one attached hydrogen (secondary N) is 2. The molecule has 4 rings (SSSR count). The number of aliphatic imine (C=N–C) groups is 1. The van der Waals surface area contributed by atoms with Gasteiger partial charge >= 0.3 is 0 Å². The van der Waals surface area contributed by atoms with Crippen LogP contribution in [-0.2, 0) is 33.2 Å². The first-order chi connectivity index (χ1) is 17.9. The van der Waals surface area contributed by atoms with E-state index in [1.807, 2.05) is 60.7 Å². The highest BCUT2D eigenvalue weighted by Gasteiger charge is 2.58. The number of hydrogen-bond acceptors (Lipinski definition) is 8. The Hall–Kier alpha value is -2.54. The van der Waals surface area contributed by atoms with Crippen molar-refractivity contribution in [3.05, 3.63) is 89.5 Å². The van der Waals surface area contributed by atoms with Gasteiger partial charge in [-0.05, 0) is 23.6 Å². The van der Waals surface area contributed by atoms with E-state index in [-0.39, 0.29) is 24.1 Å². The number of benzene rings is 2. The molecule has 37 heavy (non-hydrogen) atoms. The lowest BCUT2D eigenvalue weighted by Crippen LogP contribution is -2.39. The summed E-state index contributed by atoms with van der Waals surface area (Å²) in [6, 6.07) is 19.0. The van der Waals surface area contributed by atoms with Crippen molar-refractivity contribution >= 4 is 33.7 Å². The van der Waals surface area contributed by atoms with Gasteiger partial charge in [0.25, 0.3) is 0 Å². The van der Waals surface area contributed by atoms with E-state index < -0.39 is 24.2 Å². The normalized spacial score (nSPS) is 23.9. The molecule has 0 amide bonds. The van der Waals surface area contributed by atoms with E-state index in [0.717, 1.165) is 11.1 Å². The van der Waals surface area contributed by atoms with Crippen LogP contribution < -0.4 is 0 Å². The molecule has 1 aliphatic rings.